The Hall–Kier alpha value is -2.93. The van der Waals surface area contributed by atoms with Crippen LogP contribution in [0, 0.1) is 5.82 Å². The molecule has 0 fully saturated rings. The lowest BCUT2D eigenvalue weighted by atomic mass is 10.2. The Morgan fingerprint density at radius 1 is 1.28 bits per heavy atom. The lowest BCUT2D eigenvalue weighted by Gasteiger charge is -2.11. The normalized spacial score (nSPS) is 10.5. The summed E-state index contributed by atoms with van der Waals surface area (Å²) in [6.07, 6.45) is 1.54. The van der Waals surface area contributed by atoms with Crippen LogP contribution in [0.3, 0.4) is 0 Å². The number of carbonyl (C=O) groups is 1. The molecule has 0 aliphatic carbocycles. The van der Waals surface area contributed by atoms with Crippen molar-refractivity contribution in [1.82, 2.24) is 9.97 Å². The van der Waals surface area contributed by atoms with Crippen molar-refractivity contribution < 1.29 is 18.3 Å². The zero-order valence-electron chi connectivity index (χ0n) is 13.1. The number of methoxy groups -OCH3 is 1. The maximum atomic E-state index is 13.1. The zero-order valence-corrected chi connectivity index (χ0v) is 13.9. The molecule has 0 amide bonds. The number of carbonyl (C=O) groups excluding carboxylic acids is 1. The Morgan fingerprint density at radius 3 is 2.68 bits per heavy atom. The Bertz CT molecular complexity index is 883. The summed E-state index contributed by atoms with van der Waals surface area (Å²) >= 11 is 6.23. The quantitative estimate of drug-likeness (QED) is 0.694. The van der Waals surface area contributed by atoms with Crippen LogP contribution in [0.15, 0.2) is 47.1 Å². The van der Waals surface area contributed by atoms with Gasteiger partial charge in [0.25, 0.3) is 0 Å². The van der Waals surface area contributed by atoms with Gasteiger partial charge in [-0.3, -0.25) is 0 Å². The van der Waals surface area contributed by atoms with E-state index in [1.54, 1.807) is 18.4 Å². The molecule has 2 aromatic heterocycles. The first kappa shape index (κ1) is 16.9. The minimum Gasteiger partial charge on any atom is -0.467 e. The van der Waals surface area contributed by atoms with Crippen molar-refractivity contribution in [2.24, 2.45) is 0 Å². The second kappa shape index (κ2) is 7.31. The summed E-state index contributed by atoms with van der Waals surface area (Å²) in [5.41, 5.74) is 0.449. The summed E-state index contributed by atoms with van der Waals surface area (Å²) in [6, 6.07) is 9.11. The number of nitrogens with one attached hydrogen (secondary N) is 1. The van der Waals surface area contributed by atoms with Crippen molar-refractivity contribution in [2.45, 2.75) is 6.54 Å². The van der Waals surface area contributed by atoms with E-state index in [1.807, 2.05) is 0 Å². The topological polar surface area (TPSA) is 77.2 Å². The predicted octanol–water partition coefficient (Wildman–Crippen LogP) is 3.93. The summed E-state index contributed by atoms with van der Waals surface area (Å²) in [4.78, 5) is 20.4. The van der Waals surface area contributed by atoms with E-state index in [0.717, 1.165) is 0 Å². The molecule has 3 rings (SSSR count). The lowest BCUT2D eigenvalue weighted by molar-refractivity contribution is 0.0594. The van der Waals surface area contributed by atoms with Gasteiger partial charge in [0.1, 0.15) is 22.4 Å². The SMILES string of the molecule is COC(=O)c1nc(-c2ccc(F)cc2)nc(NCc2ccco2)c1Cl. The van der Waals surface area contributed by atoms with Gasteiger partial charge in [0.05, 0.1) is 19.9 Å². The number of furan rings is 1. The number of rotatable bonds is 5. The van der Waals surface area contributed by atoms with Crippen molar-refractivity contribution >= 4 is 23.4 Å². The molecule has 1 aromatic carbocycles. The van der Waals surface area contributed by atoms with Crippen molar-refractivity contribution in [3.63, 3.8) is 0 Å². The summed E-state index contributed by atoms with van der Waals surface area (Å²) in [6.45, 7) is 0.313. The van der Waals surface area contributed by atoms with E-state index < -0.39 is 5.97 Å². The van der Waals surface area contributed by atoms with Gasteiger partial charge in [-0.2, -0.15) is 0 Å². The highest BCUT2D eigenvalue weighted by Gasteiger charge is 2.20. The third kappa shape index (κ3) is 3.77. The van der Waals surface area contributed by atoms with Crippen LogP contribution >= 0.6 is 11.6 Å². The summed E-state index contributed by atoms with van der Waals surface area (Å²) in [7, 11) is 1.23. The minimum absolute atomic E-state index is 0.0317. The second-order valence-electron chi connectivity index (χ2n) is 4.99. The van der Waals surface area contributed by atoms with Crippen molar-refractivity contribution in [3.8, 4) is 11.4 Å². The van der Waals surface area contributed by atoms with Gasteiger partial charge in [-0.15, -0.1) is 0 Å². The highest BCUT2D eigenvalue weighted by Crippen LogP contribution is 2.28. The van der Waals surface area contributed by atoms with Crippen LogP contribution in [0.5, 0.6) is 0 Å². The molecule has 0 bridgehead atoms. The minimum atomic E-state index is -0.697. The first-order chi connectivity index (χ1) is 12.1. The molecular weight excluding hydrogens is 349 g/mol. The van der Waals surface area contributed by atoms with Crippen LogP contribution in [0.2, 0.25) is 5.02 Å². The molecule has 0 unspecified atom stereocenters. The van der Waals surface area contributed by atoms with Gasteiger partial charge < -0.3 is 14.5 Å². The predicted molar refractivity (Wildman–Crippen MR) is 89.8 cm³/mol. The summed E-state index contributed by atoms with van der Waals surface area (Å²) in [5.74, 6) is 0.0380. The Balaban J connectivity index is 2.01. The zero-order chi connectivity index (χ0) is 17.8. The van der Waals surface area contributed by atoms with Crippen LogP contribution in [0.25, 0.3) is 11.4 Å². The number of benzene rings is 1. The number of hydrogen-bond acceptors (Lipinski definition) is 6. The number of aromatic nitrogens is 2. The number of nitrogens with zero attached hydrogens (tertiary/aromatic N) is 2. The van der Waals surface area contributed by atoms with E-state index in [9.17, 15) is 9.18 Å². The fraction of sp³-hybridized carbons (Fsp3) is 0.118. The van der Waals surface area contributed by atoms with Crippen LogP contribution in [-0.2, 0) is 11.3 Å². The van der Waals surface area contributed by atoms with Crippen LogP contribution in [-0.4, -0.2) is 23.0 Å². The highest BCUT2D eigenvalue weighted by molar-refractivity contribution is 6.35. The molecule has 0 saturated carbocycles. The summed E-state index contributed by atoms with van der Waals surface area (Å²) < 4.78 is 23.1. The van der Waals surface area contributed by atoms with Gasteiger partial charge in [0.15, 0.2) is 11.5 Å². The first-order valence-corrected chi connectivity index (χ1v) is 7.64. The molecule has 8 heteroatoms. The van der Waals surface area contributed by atoms with E-state index >= 15 is 0 Å². The van der Waals surface area contributed by atoms with Gasteiger partial charge in [-0.05, 0) is 36.4 Å². The maximum Gasteiger partial charge on any atom is 0.358 e. The van der Waals surface area contributed by atoms with Gasteiger partial charge in [-0.1, -0.05) is 11.6 Å². The third-order valence-electron chi connectivity index (χ3n) is 3.34. The number of esters is 1. The molecule has 0 aliphatic heterocycles. The van der Waals surface area contributed by atoms with Gasteiger partial charge in [-0.25, -0.2) is 19.2 Å². The van der Waals surface area contributed by atoms with E-state index in [-0.39, 0.29) is 28.2 Å². The van der Waals surface area contributed by atoms with E-state index in [1.165, 1.54) is 31.4 Å². The molecule has 3 aromatic rings. The van der Waals surface area contributed by atoms with Crippen molar-refractivity contribution in [2.75, 3.05) is 12.4 Å². The molecule has 25 heavy (non-hydrogen) atoms. The molecule has 128 valence electrons. The van der Waals surface area contributed by atoms with Gasteiger partial charge >= 0.3 is 5.97 Å². The highest BCUT2D eigenvalue weighted by atomic mass is 35.5. The van der Waals surface area contributed by atoms with Gasteiger partial charge in [0, 0.05) is 5.56 Å². The van der Waals surface area contributed by atoms with Crippen molar-refractivity contribution in [3.05, 3.63) is 65.0 Å². The maximum absolute atomic E-state index is 13.1. The van der Waals surface area contributed by atoms with E-state index in [0.29, 0.717) is 17.9 Å². The Kier molecular flexibility index (Phi) is 4.95. The Labute approximate surface area is 147 Å². The van der Waals surface area contributed by atoms with Crippen LogP contribution < -0.4 is 5.32 Å². The molecular formula is C17H13ClFN3O3. The number of anilines is 1. The average Bonchev–Trinajstić information content (AvgIpc) is 3.14. The smallest absolute Gasteiger partial charge is 0.358 e. The average molecular weight is 362 g/mol. The number of ether oxygens (including phenoxy) is 1. The molecule has 0 saturated heterocycles. The standard InChI is InChI=1S/C17H13ClFN3O3/c1-24-17(23)14-13(18)16(20-9-12-3-2-8-25-12)22-15(21-14)10-4-6-11(19)7-5-10/h2-8H,9H2,1H3,(H,20,21,22). The van der Waals surface area contributed by atoms with E-state index in [2.05, 4.69) is 15.3 Å². The monoisotopic (exact) mass is 361 g/mol. The van der Waals surface area contributed by atoms with Crippen LogP contribution in [0.1, 0.15) is 16.2 Å². The molecule has 0 atom stereocenters. The second-order valence-corrected chi connectivity index (χ2v) is 5.37. The van der Waals surface area contributed by atoms with Crippen molar-refractivity contribution in [1.29, 1.82) is 0 Å². The van der Waals surface area contributed by atoms with E-state index in [4.69, 9.17) is 20.8 Å². The largest absolute Gasteiger partial charge is 0.467 e. The lowest BCUT2D eigenvalue weighted by Crippen LogP contribution is -2.11. The third-order valence-corrected chi connectivity index (χ3v) is 3.70. The molecule has 0 radical (unpaired) electrons. The fourth-order valence-electron chi connectivity index (χ4n) is 2.11. The number of hydrogen-bond donors (Lipinski definition) is 1. The van der Waals surface area contributed by atoms with Gasteiger partial charge in [0.2, 0.25) is 0 Å². The molecule has 1 N–H and O–H groups in total. The summed E-state index contributed by atoms with van der Waals surface area (Å²) in [5, 5.41) is 3.03. The fourth-order valence-corrected chi connectivity index (χ4v) is 2.34. The van der Waals surface area contributed by atoms with Crippen LogP contribution in [0.4, 0.5) is 10.2 Å². The first-order valence-electron chi connectivity index (χ1n) is 7.26. The molecule has 6 nitrogen and oxygen atoms in total. The number of halogens is 2. The molecule has 0 spiro atoms. The molecule has 0 aliphatic rings. The Morgan fingerprint density at radius 2 is 2.04 bits per heavy atom. The molecule has 2 heterocycles.